The van der Waals surface area contributed by atoms with E-state index in [1.807, 2.05) is 13.8 Å². The van der Waals surface area contributed by atoms with E-state index < -0.39 is 11.9 Å². The van der Waals surface area contributed by atoms with E-state index in [0.717, 1.165) is 5.56 Å². The Morgan fingerprint density at radius 1 is 0.788 bits per heavy atom. The Bertz CT molecular complexity index is 998. The molecule has 2 rings (SSSR count). The molecule has 0 amide bonds. The molecule has 33 heavy (non-hydrogen) atoms. The standard InChI is InChI=1S/C25H24O6.C2H6/c1-17(2)24(27)30-16-15-29-21-10-5-19(6-11-21)7-14-23(26)20-8-12-22(13-9-20)31-25(28)18(3)4;1-2/h5-14H,1,3,15-16H2,2,4H3;1-2H3/b14-7+;. The molecule has 0 aliphatic rings. The van der Waals surface area contributed by atoms with Gasteiger partial charge in [0.25, 0.3) is 0 Å². The lowest BCUT2D eigenvalue weighted by atomic mass is 10.1. The molecule has 0 N–H and O–H groups in total. The van der Waals surface area contributed by atoms with Crippen LogP contribution in [0.5, 0.6) is 11.5 Å². The fourth-order valence-electron chi connectivity index (χ4n) is 2.24. The molecule has 0 aromatic heterocycles. The van der Waals surface area contributed by atoms with Crippen molar-refractivity contribution in [2.45, 2.75) is 27.7 Å². The van der Waals surface area contributed by atoms with Gasteiger partial charge in [0.15, 0.2) is 5.78 Å². The predicted molar refractivity (Wildman–Crippen MR) is 129 cm³/mol. The molecule has 2 aromatic carbocycles. The highest BCUT2D eigenvalue weighted by Gasteiger charge is 2.07. The van der Waals surface area contributed by atoms with E-state index in [2.05, 4.69) is 13.2 Å². The summed E-state index contributed by atoms with van der Waals surface area (Å²) in [6.07, 6.45) is 3.15. The van der Waals surface area contributed by atoms with E-state index in [0.29, 0.717) is 28.2 Å². The minimum absolute atomic E-state index is 0.132. The van der Waals surface area contributed by atoms with Crippen molar-refractivity contribution in [1.29, 1.82) is 0 Å². The van der Waals surface area contributed by atoms with Gasteiger partial charge >= 0.3 is 11.9 Å². The van der Waals surface area contributed by atoms with Crippen molar-refractivity contribution < 1.29 is 28.6 Å². The van der Waals surface area contributed by atoms with Gasteiger partial charge in [-0.3, -0.25) is 4.79 Å². The number of carbonyl (C=O) groups excluding carboxylic acids is 3. The summed E-state index contributed by atoms with van der Waals surface area (Å²) in [5.74, 6) is -0.179. The van der Waals surface area contributed by atoms with E-state index in [1.54, 1.807) is 68.5 Å². The van der Waals surface area contributed by atoms with Crippen LogP contribution < -0.4 is 9.47 Å². The zero-order chi connectivity index (χ0) is 24.8. The van der Waals surface area contributed by atoms with Crippen molar-refractivity contribution in [3.63, 3.8) is 0 Å². The largest absolute Gasteiger partial charge is 0.490 e. The van der Waals surface area contributed by atoms with Crippen LogP contribution in [0.25, 0.3) is 6.08 Å². The predicted octanol–water partition coefficient (Wildman–Crippen LogP) is 5.59. The third kappa shape index (κ3) is 9.82. The molecule has 0 aliphatic carbocycles. The molecule has 0 atom stereocenters. The van der Waals surface area contributed by atoms with E-state index in [9.17, 15) is 14.4 Å². The molecule has 0 spiro atoms. The van der Waals surface area contributed by atoms with Gasteiger partial charge in [0.1, 0.15) is 24.7 Å². The number of hydrogen-bond donors (Lipinski definition) is 0. The Kier molecular flexibility index (Phi) is 11.7. The minimum atomic E-state index is -0.515. The number of allylic oxidation sites excluding steroid dienone is 1. The lowest BCUT2D eigenvalue weighted by molar-refractivity contribution is -0.139. The Morgan fingerprint density at radius 2 is 1.33 bits per heavy atom. The van der Waals surface area contributed by atoms with Gasteiger partial charge in [-0.25, -0.2) is 9.59 Å². The number of rotatable bonds is 10. The molecule has 6 nitrogen and oxygen atoms in total. The maximum absolute atomic E-state index is 12.3. The van der Waals surface area contributed by atoms with Crippen LogP contribution in [0.1, 0.15) is 43.6 Å². The minimum Gasteiger partial charge on any atom is -0.490 e. The first-order chi connectivity index (χ1) is 15.8. The first-order valence-corrected chi connectivity index (χ1v) is 10.5. The van der Waals surface area contributed by atoms with Gasteiger partial charge in [-0.15, -0.1) is 0 Å². The molecule has 6 heteroatoms. The molecule has 0 aliphatic heterocycles. The van der Waals surface area contributed by atoms with Crippen LogP contribution in [0.15, 0.2) is 78.9 Å². The topological polar surface area (TPSA) is 78.9 Å². The van der Waals surface area contributed by atoms with Crippen LogP contribution in [-0.4, -0.2) is 30.9 Å². The lowest BCUT2D eigenvalue weighted by Gasteiger charge is -2.07. The van der Waals surface area contributed by atoms with Crippen LogP contribution in [0.3, 0.4) is 0 Å². The van der Waals surface area contributed by atoms with Crippen LogP contribution in [-0.2, 0) is 14.3 Å². The third-order valence-corrected chi connectivity index (χ3v) is 3.94. The molecule has 0 heterocycles. The maximum Gasteiger partial charge on any atom is 0.338 e. The molecule has 0 saturated heterocycles. The van der Waals surface area contributed by atoms with Crippen LogP contribution in [0.2, 0.25) is 0 Å². The van der Waals surface area contributed by atoms with Crippen LogP contribution in [0, 0.1) is 0 Å². The summed E-state index contributed by atoms with van der Waals surface area (Å²) in [4.78, 5) is 35.1. The molecule has 0 saturated carbocycles. The van der Waals surface area contributed by atoms with Crippen molar-refractivity contribution in [1.82, 2.24) is 0 Å². The van der Waals surface area contributed by atoms with Gasteiger partial charge in [0.2, 0.25) is 0 Å². The van der Waals surface area contributed by atoms with Gasteiger partial charge in [-0.2, -0.15) is 0 Å². The van der Waals surface area contributed by atoms with E-state index in [4.69, 9.17) is 14.2 Å². The number of carbonyl (C=O) groups is 3. The van der Waals surface area contributed by atoms with E-state index in [-0.39, 0.29) is 19.0 Å². The molecular weight excluding hydrogens is 420 g/mol. The number of benzene rings is 2. The SMILES string of the molecule is C=C(C)C(=O)OCCOc1ccc(/C=C/C(=O)c2ccc(OC(=O)C(=C)C)cc2)cc1.CC. The number of esters is 2. The highest BCUT2D eigenvalue weighted by atomic mass is 16.6. The van der Waals surface area contributed by atoms with Crippen molar-refractivity contribution >= 4 is 23.8 Å². The van der Waals surface area contributed by atoms with Crippen LogP contribution in [0.4, 0.5) is 0 Å². The zero-order valence-corrected chi connectivity index (χ0v) is 19.6. The summed E-state index contributed by atoms with van der Waals surface area (Å²) in [7, 11) is 0. The smallest absolute Gasteiger partial charge is 0.338 e. The number of ketones is 1. The summed E-state index contributed by atoms with van der Waals surface area (Å²) >= 11 is 0. The summed E-state index contributed by atoms with van der Waals surface area (Å²) in [6, 6.07) is 13.4. The Labute approximate surface area is 195 Å². The quantitative estimate of drug-likeness (QED) is 0.154. The first kappa shape index (κ1) is 27.1. The van der Waals surface area contributed by atoms with E-state index in [1.165, 1.54) is 6.08 Å². The zero-order valence-electron chi connectivity index (χ0n) is 19.6. The number of hydrogen-bond acceptors (Lipinski definition) is 6. The van der Waals surface area contributed by atoms with Crippen molar-refractivity contribution in [2.24, 2.45) is 0 Å². The van der Waals surface area contributed by atoms with E-state index >= 15 is 0 Å². The molecule has 174 valence electrons. The molecule has 0 radical (unpaired) electrons. The van der Waals surface area contributed by atoms with Crippen molar-refractivity contribution in [3.05, 3.63) is 90.0 Å². The normalized spacial score (nSPS) is 9.94. The van der Waals surface area contributed by atoms with Crippen molar-refractivity contribution in [3.8, 4) is 11.5 Å². The fraction of sp³-hybridized carbons (Fsp3) is 0.222. The average Bonchev–Trinajstić information content (AvgIpc) is 2.82. The van der Waals surface area contributed by atoms with Gasteiger partial charge in [0.05, 0.1) is 0 Å². The van der Waals surface area contributed by atoms with Crippen molar-refractivity contribution in [2.75, 3.05) is 13.2 Å². The summed E-state index contributed by atoms with van der Waals surface area (Å²) < 4.78 is 15.6. The second kappa shape index (κ2) is 14.2. The summed E-state index contributed by atoms with van der Waals surface area (Å²) in [6.45, 7) is 14.5. The average molecular weight is 451 g/mol. The molecule has 2 aromatic rings. The lowest BCUT2D eigenvalue weighted by Crippen LogP contribution is -2.12. The fourth-order valence-corrected chi connectivity index (χ4v) is 2.24. The number of ether oxygens (including phenoxy) is 3. The summed E-state index contributed by atoms with van der Waals surface area (Å²) in [5, 5.41) is 0. The van der Waals surface area contributed by atoms with Gasteiger partial charge < -0.3 is 14.2 Å². The molecule has 0 fully saturated rings. The molecule has 0 unspecified atom stereocenters. The van der Waals surface area contributed by atoms with Crippen LogP contribution >= 0.6 is 0 Å². The Morgan fingerprint density at radius 3 is 1.88 bits per heavy atom. The second-order valence-corrected chi connectivity index (χ2v) is 6.73. The second-order valence-electron chi connectivity index (χ2n) is 6.73. The highest BCUT2D eigenvalue weighted by molar-refractivity contribution is 6.06. The third-order valence-electron chi connectivity index (χ3n) is 3.94. The molecule has 0 bridgehead atoms. The highest BCUT2D eigenvalue weighted by Crippen LogP contribution is 2.16. The van der Waals surface area contributed by atoms with Gasteiger partial charge in [0, 0.05) is 16.7 Å². The monoisotopic (exact) mass is 450 g/mol. The summed E-state index contributed by atoms with van der Waals surface area (Å²) in [5.41, 5.74) is 1.93. The first-order valence-electron chi connectivity index (χ1n) is 10.5. The van der Waals surface area contributed by atoms with Gasteiger partial charge in [-0.1, -0.05) is 45.2 Å². The Hall–Kier alpha value is -3.93. The Balaban J connectivity index is 0.00000265. The molecular formula is C27H30O6. The maximum atomic E-state index is 12.3. The van der Waals surface area contributed by atoms with Gasteiger partial charge in [-0.05, 0) is 61.9 Å².